The Balaban J connectivity index is 1.68. The number of aryl methyl sites for hydroxylation is 1. The fourth-order valence-corrected chi connectivity index (χ4v) is 6.53. The number of amides is 1. The van der Waals surface area contributed by atoms with Gasteiger partial charge in [0.05, 0.1) is 10.3 Å². The molecule has 25 heavy (non-hydrogen) atoms. The Morgan fingerprint density at radius 1 is 1.08 bits per heavy atom. The van der Waals surface area contributed by atoms with Crippen LogP contribution in [0.15, 0.2) is 53.4 Å². The van der Waals surface area contributed by atoms with Gasteiger partial charge in [0, 0.05) is 24.4 Å². The minimum Gasteiger partial charge on any atom is -0.326 e. The summed E-state index contributed by atoms with van der Waals surface area (Å²) < 4.78 is 28.0. The molecule has 1 N–H and O–H groups in total. The number of carbonyl (C=O) groups is 1. The van der Waals surface area contributed by atoms with E-state index in [1.807, 2.05) is 30.3 Å². The van der Waals surface area contributed by atoms with Gasteiger partial charge in [-0.1, -0.05) is 30.3 Å². The van der Waals surface area contributed by atoms with Gasteiger partial charge in [0.25, 0.3) is 0 Å². The smallest absolute Gasteiger partial charge is 0.244 e. The summed E-state index contributed by atoms with van der Waals surface area (Å²) in [4.78, 5) is 11.8. The molecule has 1 atom stereocenters. The zero-order valence-electron chi connectivity index (χ0n) is 13.5. The zero-order valence-corrected chi connectivity index (χ0v) is 15.1. The van der Waals surface area contributed by atoms with Gasteiger partial charge in [-0.25, -0.2) is 8.42 Å². The topological polar surface area (TPSA) is 66.5 Å². The molecule has 1 saturated heterocycles. The van der Waals surface area contributed by atoms with E-state index in [9.17, 15) is 13.2 Å². The minimum absolute atomic E-state index is 0.0248. The molecule has 0 saturated carbocycles. The highest BCUT2D eigenvalue weighted by molar-refractivity contribution is 8.01. The number of fused-ring (bicyclic) bond motifs is 1. The lowest BCUT2D eigenvalue weighted by Crippen LogP contribution is -2.31. The van der Waals surface area contributed by atoms with Gasteiger partial charge in [0.2, 0.25) is 15.9 Å². The molecule has 7 heteroatoms. The van der Waals surface area contributed by atoms with Crippen molar-refractivity contribution in [1.82, 2.24) is 4.31 Å². The summed E-state index contributed by atoms with van der Waals surface area (Å²) in [5.74, 6) is 0.753. The van der Waals surface area contributed by atoms with Gasteiger partial charge >= 0.3 is 0 Å². The number of nitrogens with zero attached hydrogens (tertiary/aromatic N) is 1. The normalized spacial score (nSPS) is 21.0. The molecule has 0 aromatic heterocycles. The van der Waals surface area contributed by atoms with Crippen molar-refractivity contribution in [3.63, 3.8) is 0 Å². The lowest BCUT2D eigenvalue weighted by Gasteiger charge is -2.24. The molecule has 5 nitrogen and oxygen atoms in total. The summed E-state index contributed by atoms with van der Waals surface area (Å²) >= 11 is 1.64. The third-order valence-corrected chi connectivity index (χ3v) is 7.77. The Hall–Kier alpha value is -1.83. The molecule has 1 unspecified atom stereocenters. The van der Waals surface area contributed by atoms with Crippen molar-refractivity contribution in [2.45, 2.75) is 23.1 Å². The highest BCUT2D eigenvalue weighted by Crippen LogP contribution is 2.41. The summed E-state index contributed by atoms with van der Waals surface area (Å²) in [5, 5.41) is 2.60. The predicted octanol–water partition coefficient (Wildman–Crippen LogP) is 3.01. The Kier molecular flexibility index (Phi) is 4.31. The number of sulfonamides is 1. The van der Waals surface area contributed by atoms with Crippen LogP contribution in [-0.2, 0) is 21.2 Å². The van der Waals surface area contributed by atoms with Crippen LogP contribution in [0.2, 0.25) is 0 Å². The van der Waals surface area contributed by atoms with Gasteiger partial charge in [-0.05, 0) is 35.7 Å². The largest absolute Gasteiger partial charge is 0.326 e. The summed E-state index contributed by atoms with van der Waals surface area (Å²) in [6.45, 7) is 0.500. The van der Waals surface area contributed by atoms with Crippen molar-refractivity contribution in [3.8, 4) is 0 Å². The first-order valence-corrected chi connectivity index (χ1v) is 10.7. The van der Waals surface area contributed by atoms with Gasteiger partial charge < -0.3 is 5.32 Å². The van der Waals surface area contributed by atoms with E-state index in [2.05, 4.69) is 5.32 Å². The summed E-state index contributed by atoms with van der Waals surface area (Å²) in [7, 11) is -3.58. The quantitative estimate of drug-likeness (QED) is 0.897. The summed E-state index contributed by atoms with van der Waals surface area (Å²) in [6, 6.07) is 14.7. The van der Waals surface area contributed by atoms with Crippen LogP contribution in [0.5, 0.6) is 0 Å². The standard InChI is InChI=1S/C18H18N2O3S2/c21-17-9-6-14-12-15(7-8-16(14)19-17)25(22,23)20-10-11-24-18(20)13-4-2-1-3-5-13/h1-5,7-8,12,18H,6,9-11H2,(H,19,21). The number of hydrogen-bond donors (Lipinski definition) is 1. The van der Waals surface area contributed by atoms with Crippen LogP contribution in [-0.4, -0.2) is 30.9 Å². The summed E-state index contributed by atoms with van der Waals surface area (Å²) in [5.41, 5.74) is 2.59. The number of hydrogen-bond acceptors (Lipinski definition) is 4. The zero-order chi connectivity index (χ0) is 17.4. The number of benzene rings is 2. The molecule has 130 valence electrons. The van der Waals surface area contributed by atoms with Crippen molar-refractivity contribution in [3.05, 3.63) is 59.7 Å². The molecule has 1 fully saturated rings. The molecule has 0 spiro atoms. The highest BCUT2D eigenvalue weighted by Gasteiger charge is 2.37. The van der Waals surface area contributed by atoms with E-state index < -0.39 is 10.0 Å². The van der Waals surface area contributed by atoms with E-state index in [4.69, 9.17) is 0 Å². The maximum atomic E-state index is 13.2. The second-order valence-electron chi connectivity index (χ2n) is 6.12. The van der Waals surface area contributed by atoms with E-state index in [1.54, 1.807) is 34.3 Å². The van der Waals surface area contributed by atoms with Crippen LogP contribution in [0.1, 0.15) is 22.9 Å². The predicted molar refractivity (Wildman–Crippen MR) is 98.9 cm³/mol. The van der Waals surface area contributed by atoms with Crippen LogP contribution in [0.25, 0.3) is 0 Å². The van der Waals surface area contributed by atoms with E-state index in [0.29, 0.717) is 30.0 Å². The fourth-order valence-electron chi connectivity index (χ4n) is 3.24. The van der Waals surface area contributed by atoms with Crippen LogP contribution in [0.3, 0.4) is 0 Å². The van der Waals surface area contributed by atoms with Crippen molar-refractivity contribution in [2.24, 2.45) is 0 Å². The monoisotopic (exact) mass is 374 g/mol. The van der Waals surface area contributed by atoms with Gasteiger partial charge in [0.1, 0.15) is 0 Å². The second kappa shape index (κ2) is 6.48. The average Bonchev–Trinajstić information content (AvgIpc) is 3.12. The van der Waals surface area contributed by atoms with Crippen molar-refractivity contribution in [2.75, 3.05) is 17.6 Å². The van der Waals surface area contributed by atoms with Crippen molar-refractivity contribution < 1.29 is 13.2 Å². The van der Waals surface area contributed by atoms with Crippen molar-refractivity contribution in [1.29, 1.82) is 0 Å². The van der Waals surface area contributed by atoms with E-state index in [-0.39, 0.29) is 11.3 Å². The van der Waals surface area contributed by atoms with Crippen LogP contribution < -0.4 is 5.32 Å². The molecule has 2 aliphatic heterocycles. The molecule has 0 aliphatic carbocycles. The number of thioether (sulfide) groups is 1. The van der Waals surface area contributed by atoms with Crippen LogP contribution in [0, 0.1) is 0 Å². The molecule has 0 radical (unpaired) electrons. The van der Waals surface area contributed by atoms with E-state index >= 15 is 0 Å². The van der Waals surface area contributed by atoms with Gasteiger partial charge in [-0.15, -0.1) is 11.8 Å². The third kappa shape index (κ3) is 3.07. The fraction of sp³-hybridized carbons (Fsp3) is 0.278. The SMILES string of the molecule is O=C1CCc2cc(S(=O)(=O)N3CCSC3c3ccccc3)ccc2N1. The molecule has 2 aromatic rings. The number of anilines is 1. The van der Waals surface area contributed by atoms with Gasteiger partial charge in [0.15, 0.2) is 0 Å². The molecular weight excluding hydrogens is 356 g/mol. The van der Waals surface area contributed by atoms with E-state index in [0.717, 1.165) is 16.9 Å². The van der Waals surface area contributed by atoms with E-state index in [1.165, 1.54) is 0 Å². The number of rotatable bonds is 3. The number of carbonyl (C=O) groups excluding carboxylic acids is 1. The minimum atomic E-state index is -3.58. The summed E-state index contributed by atoms with van der Waals surface area (Å²) in [6.07, 6.45) is 0.962. The van der Waals surface area contributed by atoms with Crippen molar-refractivity contribution >= 4 is 33.4 Å². The highest BCUT2D eigenvalue weighted by atomic mass is 32.2. The first-order chi connectivity index (χ1) is 12.1. The average molecular weight is 374 g/mol. The third-order valence-electron chi connectivity index (χ3n) is 4.51. The number of nitrogens with one attached hydrogen (secondary N) is 1. The lowest BCUT2D eigenvalue weighted by atomic mass is 10.0. The lowest BCUT2D eigenvalue weighted by molar-refractivity contribution is -0.116. The first kappa shape index (κ1) is 16.6. The second-order valence-corrected chi connectivity index (χ2v) is 9.20. The molecular formula is C18H18N2O3S2. The Morgan fingerprint density at radius 3 is 2.68 bits per heavy atom. The van der Waals surface area contributed by atoms with Gasteiger partial charge in [-0.3, -0.25) is 4.79 Å². The maximum absolute atomic E-state index is 13.2. The first-order valence-electron chi connectivity index (χ1n) is 8.17. The Labute approximate surface area is 151 Å². The molecule has 0 bridgehead atoms. The van der Waals surface area contributed by atoms with Gasteiger partial charge in [-0.2, -0.15) is 4.31 Å². The molecule has 4 rings (SSSR count). The maximum Gasteiger partial charge on any atom is 0.244 e. The Bertz CT molecular complexity index is 913. The van der Waals surface area contributed by atoms with Crippen LogP contribution in [0.4, 0.5) is 5.69 Å². The Morgan fingerprint density at radius 2 is 1.88 bits per heavy atom. The molecule has 2 aromatic carbocycles. The van der Waals surface area contributed by atoms with Crippen LogP contribution >= 0.6 is 11.8 Å². The molecule has 1 amide bonds. The molecule has 2 aliphatic rings. The molecule has 2 heterocycles.